The summed E-state index contributed by atoms with van der Waals surface area (Å²) in [6.07, 6.45) is 4.41. The van der Waals surface area contributed by atoms with Crippen LogP contribution in [-0.4, -0.2) is 37.5 Å². The van der Waals surface area contributed by atoms with E-state index in [0.717, 1.165) is 19.3 Å². The topological polar surface area (TPSA) is 41.5 Å². The average molecular weight is 277 g/mol. The highest BCUT2D eigenvalue weighted by Gasteiger charge is 2.38. The van der Waals surface area contributed by atoms with E-state index in [1.54, 1.807) is 7.11 Å². The van der Waals surface area contributed by atoms with Crippen molar-refractivity contribution in [3.63, 3.8) is 0 Å². The third-order valence-electron chi connectivity index (χ3n) is 4.57. The summed E-state index contributed by atoms with van der Waals surface area (Å²) in [4.78, 5) is 0. The molecule has 0 radical (unpaired) electrons. The number of hydrogen-bond acceptors (Lipinski definition) is 3. The molecule has 2 N–H and O–H groups in total. The molecule has 3 heteroatoms. The summed E-state index contributed by atoms with van der Waals surface area (Å²) < 4.78 is 5.36. The highest BCUT2D eigenvalue weighted by Crippen LogP contribution is 2.37. The van der Waals surface area contributed by atoms with Crippen molar-refractivity contribution in [3.8, 4) is 0 Å². The maximum atomic E-state index is 9.66. The van der Waals surface area contributed by atoms with Crippen LogP contribution < -0.4 is 5.32 Å². The molecule has 1 fully saturated rings. The zero-order chi connectivity index (χ0) is 14.4. The smallest absolute Gasteiger partial charge is 0.0619 e. The molecule has 3 nitrogen and oxygen atoms in total. The fourth-order valence-corrected chi connectivity index (χ4v) is 3.26. The molecule has 1 aromatic rings. The predicted molar refractivity (Wildman–Crippen MR) is 81.8 cm³/mol. The molecular weight excluding hydrogens is 250 g/mol. The molecule has 3 atom stereocenters. The summed E-state index contributed by atoms with van der Waals surface area (Å²) in [6.45, 7) is 3.15. The number of ether oxygens (including phenoxy) is 1. The van der Waals surface area contributed by atoms with Crippen molar-refractivity contribution in [3.05, 3.63) is 35.9 Å². The number of benzene rings is 1. The van der Waals surface area contributed by atoms with Gasteiger partial charge in [0.1, 0.15) is 0 Å². The zero-order valence-electron chi connectivity index (χ0n) is 12.6. The monoisotopic (exact) mass is 277 g/mol. The van der Waals surface area contributed by atoms with Crippen molar-refractivity contribution < 1.29 is 9.84 Å². The van der Waals surface area contributed by atoms with Crippen LogP contribution in [0.25, 0.3) is 0 Å². The van der Waals surface area contributed by atoms with Gasteiger partial charge in [-0.1, -0.05) is 43.7 Å². The van der Waals surface area contributed by atoms with Crippen LogP contribution >= 0.6 is 0 Å². The quantitative estimate of drug-likeness (QED) is 0.804. The van der Waals surface area contributed by atoms with Crippen molar-refractivity contribution in [1.82, 2.24) is 5.32 Å². The van der Waals surface area contributed by atoms with Gasteiger partial charge in [0.25, 0.3) is 0 Å². The first kappa shape index (κ1) is 15.5. The van der Waals surface area contributed by atoms with E-state index in [1.165, 1.54) is 12.0 Å². The summed E-state index contributed by atoms with van der Waals surface area (Å²) in [6, 6.07) is 11.2. The number of hydrogen-bond donors (Lipinski definition) is 2. The Labute approximate surface area is 122 Å². The Morgan fingerprint density at radius 3 is 2.80 bits per heavy atom. The van der Waals surface area contributed by atoms with E-state index < -0.39 is 0 Å². The van der Waals surface area contributed by atoms with Crippen LogP contribution in [0.3, 0.4) is 0 Å². The van der Waals surface area contributed by atoms with E-state index in [4.69, 9.17) is 4.74 Å². The van der Waals surface area contributed by atoms with E-state index in [-0.39, 0.29) is 12.0 Å². The second kappa shape index (κ2) is 7.21. The molecule has 1 aliphatic rings. The normalized spacial score (nSPS) is 27.6. The van der Waals surface area contributed by atoms with E-state index in [9.17, 15) is 5.11 Å². The van der Waals surface area contributed by atoms with Crippen LogP contribution in [0.1, 0.15) is 31.7 Å². The number of aliphatic hydroxyl groups excluding tert-OH is 1. The number of nitrogens with one attached hydrogen (secondary N) is 1. The van der Waals surface area contributed by atoms with Gasteiger partial charge in [0, 0.05) is 31.2 Å². The standard InChI is InChI=1S/C17H27NO2/c1-17(13-19)10-6-9-16(17)18-15(12-20-2)11-14-7-4-3-5-8-14/h3-5,7-8,15-16,18-19H,6,9-13H2,1-2H3. The van der Waals surface area contributed by atoms with Crippen LogP contribution in [0.2, 0.25) is 0 Å². The third-order valence-corrected chi connectivity index (χ3v) is 4.57. The molecule has 2 rings (SSSR count). The molecule has 0 saturated heterocycles. The molecule has 1 aliphatic carbocycles. The molecule has 0 amide bonds. The molecule has 3 unspecified atom stereocenters. The van der Waals surface area contributed by atoms with Gasteiger partial charge in [0.05, 0.1) is 6.61 Å². The largest absolute Gasteiger partial charge is 0.396 e. The summed E-state index contributed by atoms with van der Waals surface area (Å²) in [5, 5.41) is 13.4. The molecule has 0 heterocycles. The lowest BCUT2D eigenvalue weighted by atomic mass is 9.85. The summed E-state index contributed by atoms with van der Waals surface area (Å²) in [5.74, 6) is 0. The Morgan fingerprint density at radius 2 is 2.15 bits per heavy atom. The lowest BCUT2D eigenvalue weighted by molar-refractivity contribution is 0.0977. The third kappa shape index (κ3) is 3.81. The second-order valence-corrected chi connectivity index (χ2v) is 6.27. The Hall–Kier alpha value is -0.900. The molecule has 1 saturated carbocycles. The SMILES string of the molecule is COCC(Cc1ccccc1)NC1CCCC1(C)CO. The first-order valence-corrected chi connectivity index (χ1v) is 7.58. The van der Waals surface area contributed by atoms with E-state index in [1.807, 2.05) is 6.07 Å². The Balaban J connectivity index is 1.98. The van der Waals surface area contributed by atoms with Gasteiger partial charge in [-0.25, -0.2) is 0 Å². The van der Waals surface area contributed by atoms with E-state index in [2.05, 4.69) is 36.5 Å². The van der Waals surface area contributed by atoms with Gasteiger partial charge in [-0.05, 0) is 24.8 Å². The predicted octanol–water partition coefficient (Wildman–Crippen LogP) is 2.38. The van der Waals surface area contributed by atoms with Crippen LogP contribution in [0, 0.1) is 5.41 Å². The maximum Gasteiger partial charge on any atom is 0.0619 e. The van der Waals surface area contributed by atoms with Gasteiger partial charge in [-0.3, -0.25) is 0 Å². The molecule has 1 aromatic carbocycles. The van der Waals surface area contributed by atoms with Gasteiger partial charge in [0.15, 0.2) is 0 Å². The van der Waals surface area contributed by atoms with Gasteiger partial charge in [-0.2, -0.15) is 0 Å². The molecule has 0 spiro atoms. The van der Waals surface area contributed by atoms with Gasteiger partial charge in [-0.15, -0.1) is 0 Å². The molecule has 112 valence electrons. The van der Waals surface area contributed by atoms with Crippen LogP contribution in [0.4, 0.5) is 0 Å². The molecule has 0 bridgehead atoms. The van der Waals surface area contributed by atoms with Crippen LogP contribution in [0.5, 0.6) is 0 Å². The Kier molecular flexibility index (Phi) is 5.58. The van der Waals surface area contributed by atoms with Crippen molar-refractivity contribution >= 4 is 0 Å². The first-order valence-electron chi connectivity index (χ1n) is 7.58. The summed E-state index contributed by atoms with van der Waals surface area (Å²) in [7, 11) is 1.75. The lowest BCUT2D eigenvalue weighted by Crippen LogP contribution is -2.49. The van der Waals surface area contributed by atoms with Gasteiger partial charge < -0.3 is 15.2 Å². The lowest BCUT2D eigenvalue weighted by Gasteiger charge is -2.33. The van der Waals surface area contributed by atoms with Crippen molar-refractivity contribution in [2.75, 3.05) is 20.3 Å². The van der Waals surface area contributed by atoms with E-state index >= 15 is 0 Å². The molecule has 20 heavy (non-hydrogen) atoms. The van der Waals surface area contributed by atoms with Crippen LogP contribution in [-0.2, 0) is 11.2 Å². The minimum atomic E-state index is 0.0165. The second-order valence-electron chi connectivity index (χ2n) is 6.27. The number of aliphatic hydroxyl groups is 1. The van der Waals surface area contributed by atoms with Gasteiger partial charge in [0.2, 0.25) is 0 Å². The van der Waals surface area contributed by atoms with Gasteiger partial charge >= 0.3 is 0 Å². The molecular formula is C17H27NO2. The van der Waals surface area contributed by atoms with Crippen molar-refractivity contribution in [2.45, 2.75) is 44.7 Å². The minimum absolute atomic E-state index is 0.0165. The maximum absolute atomic E-state index is 9.66. The summed E-state index contributed by atoms with van der Waals surface area (Å²) >= 11 is 0. The fraction of sp³-hybridized carbons (Fsp3) is 0.647. The fourth-order valence-electron chi connectivity index (χ4n) is 3.26. The number of rotatable bonds is 7. The molecule has 0 aromatic heterocycles. The zero-order valence-corrected chi connectivity index (χ0v) is 12.6. The molecule has 0 aliphatic heterocycles. The average Bonchev–Trinajstić information content (AvgIpc) is 2.82. The van der Waals surface area contributed by atoms with E-state index in [0.29, 0.717) is 18.7 Å². The first-order chi connectivity index (χ1) is 9.68. The highest BCUT2D eigenvalue weighted by molar-refractivity contribution is 5.16. The Bertz CT molecular complexity index is 395. The summed E-state index contributed by atoms with van der Waals surface area (Å²) in [5.41, 5.74) is 1.34. The van der Waals surface area contributed by atoms with Crippen LogP contribution in [0.15, 0.2) is 30.3 Å². The van der Waals surface area contributed by atoms with Crippen molar-refractivity contribution in [1.29, 1.82) is 0 Å². The van der Waals surface area contributed by atoms with Crippen molar-refractivity contribution in [2.24, 2.45) is 5.41 Å². The number of methoxy groups -OCH3 is 1. The minimum Gasteiger partial charge on any atom is -0.396 e. The Morgan fingerprint density at radius 1 is 1.40 bits per heavy atom. The highest BCUT2D eigenvalue weighted by atomic mass is 16.5.